The van der Waals surface area contributed by atoms with Gasteiger partial charge >= 0.3 is 0 Å². The maximum atomic E-state index is 2.31. The summed E-state index contributed by atoms with van der Waals surface area (Å²) >= 11 is 0. The van der Waals surface area contributed by atoms with Crippen LogP contribution in [-0.2, 0) is 0 Å². The normalized spacial score (nSPS) is 5.87. The van der Waals surface area contributed by atoms with Crippen molar-refractivity contribution in [1.29, 1.82) is 0 Å². The van der Waals surface area contributed by atoms with E-state index in [1.54, 1.807) is 0 Å². The van der Waals surface area contributed by atoms with E-state index in [1.807, 2.05) is 83.1 Å². The number of hydrogen-bond donors (Lipinski definition) is 0. The topological polar surface area (TPSA) is 0 Å². The lowest BCUT2D eigenvalue weighted by Gasteiger charge is -2.02. The lowest BCUT2D eigenvalue weighted by molar-refractivity contribution is 0.509. The van der Waals surface area contributed by atoms with Crippen molar-refractivity contribution in [2.75, 3.05) is 0 Å². The average molecular weight is 345 g/mol. The lowest BCUT2D eigenvalue weighted by Crippen LogP contribution is -1.88. The molecule has 0 aliphatic carbocycles. The fourth-order valence-corrected chi connectivity index (χ4v) is 0.697. The SMILES string of the molecule is C.C.C.C.CC.CC.CC.CC.CC.CC.CCCC(C)CC. The van der Waals surface area contributed by atoms with Gasteiger partial charge in [0.1, 0.15) is 0 Å². The summed E-state index contributed by atoms with van der Waals surface area (Å²) in [6, 6.07) is 0. The van der Waals surface area contributed by atoms with E-state index in [1.165, 1.54) is 19.3 Å². The Labute approximate surface area is 159 Å². The molecule has 0 saturated heterocycles. The Hall–Kier alpha value is 0. The van der Waals surface area contributed by atoms with Crippen molar-refractivity contribution in [3.8, 4) is 0 Å². The Bertz CT molecular complexity index is 31.0. The molecule has 0 N–H and O–H groups in total. The van der Waals surface area contributed by atoms with Gasteiger partial charge in [-0.3, -0.25) is 0 Å². The lowest BCUT2D eigenvalue weighted by atomic mass is 10.0. The molecule has 0 rings (SSSR count). The highest BCUT2D eigenvalue weighted by molar-refractivity contribution is 4.45. The molecule has 0 bridgehead atoms. The van der Waals surface area contributed by atoms with E-state index in [9.17, 15) is 0 Å². The van der Waals surface area contributed by atoms with Gasteiger partial charge in [0.2, 0.25) is 0 Å². The van der Waals surface area contributed by atoms with Gasteiger partial charge in [0.25, 0.3) is 0 Å². The Morgan fingerprint density at radius 1 is 0.478 bits per heavy atom. The van der Waals surface area contributed by atoms with Crippen molar-refractivity contribution in [3.63, 3.8) is 0 Å². The molecule has 1 atom stereocenters. The van der Waals surface area contributed by atoms with Crippen LogP contribution in [0.1, 0.15) is 153 Å². The maximum Gasteiger partial charge on any atom is -0.0446 e. The summed E-state index contributed by atoms with van der Waals surface area (Å²) in [7, 11) is 0. The van der Waals surface area contributed by atoms with Crippen LogP contribution in [0.2, 0.25) is 0 Å². The zero-order valence-corrected chi connectivity index (χ0v) is 17.7. The van der Waals surface area contributed by atoms with Gasteiger partial charge in [-0.25, -0.2) is 0 Å². The zero-order chi connectivity index (χ0) is 17.7. The summed E-state index contributed by atoms with van der Waals surface area (Å²) in [5.74, 6) is 0.949. The fraction of sp³-hybridized carbons (Fsp3) is 1.00. The van der Waals surface area contributed by atoms with Gasteiger partial charge in [-0.05, 0) is 5.92 Å². The van der Waals surface area contributed by atoms with Crippen molar-refractivity contribution in [2.24, 2.45) is 5.92 Å². The van der Waals surface area contributed by atoms with Gasteiger partial charge in [0.15, 0.2) is 0 Å². The van der Waals surface area contributed by atoms with Crippen LogP contribution in [0.5, 0.6) is 0 Å². The second kappa shape index (κ2) is 270. The van der Waals surface area contributed by atoms with E-state index in [2.05, 4.69) is 20.8 Å². The molecule has 0 radical (unpaired) electrons. The predicted octanol–water partition coefficient (Wildman–Crippen LogP) is 11.5. The minimum absolute atomic E-state index is 0. The van der Waals surface area contributed by atoms with E-state index in [0.29, 0.717) is 0 Å². The monoisotopic (exact) mass is 345 g/mol. The van der Waals surface area contributed by atoms with Crippen LogP contribution in [0, 0.1) is 5.92 Å². The van der Waals surface area contributed by atoms with Crippen LogP contribution in [0.4, 0.5) is 0 Å². The molecule has 0 saturated carbocycles. The highest BCUT2D eigenvalue weighted by atomic mass is 14.0. The van der Waals surface area contributed by atoms with Crippen LogP contribution in [-0.4, -0.2) is 0 Å². The van der Waals surface area contributed by atoms with E-state index >= 15 is 0 Å². The third kappa shape index (κ3) is 352. The molecule has 1 unspecified atom stereocenters. The van der Waals surface area contributed by atoms with Crippen LogP contribution < -0.4 is 0 Å². The van der Waals surface area contributed by atoms with E-state index in [-0.39, 0.29) is 29.7 Å². The molecule has 0 heteroatoms. The molecule has 160 valence electrons. The average Bonchev–Trinajstić information content (AvgIpc) is 2.59. The van der Waals surface area contributed by atoms with Crippen LogP contribution in [0.15, 0.2) is 0 Å². The minimum atomic E-state index is 0. The molecule has 0 aromatic rings. The van der Waals surface area contributed by atoms with Crippen molar-refractivity contribution in [1.82, 2.24) is 0 Å². The second-order valence-electron chi connectivity index (χ2n) is 2.30. The first-order valence-electron chi connectivity index (χ1n) is 9.31. The van der Waals surface area contributed by atoms with Gasteiger partial charge in [0, 0.05) is 0 Å². The summed E-state index contributed by atoms with van der Waals surface area (Å²) in [4.78, 5) is 0. The minimum Gasteiger partial charge on any atom is -0.0776 e. The van der Waals surface area contributed by atoms with Gasteiger partial charge in [-0.15, -0.1) is 0 Å². The van der Waals surface area contributed by atoms with E-state index < -0.39 is 0 Å². The molecule has 23 heavy (non-hydrogen) atoms. The molecule has 0 spiro atoms. The van der Waals surface area contributed by atoms with Crippen LogP contribution >= 0.6 is 0 Å². The second-order valence-corrected chi connectivity index (χ2v) is 2.30. The Kier molecular flexibility index (Phi) is 906. The molecule has 0 amide bonds. The quantitative estimate of drug-likeness (QED) is 0.477. The first-order chi connectivity index (χ1) is 9.31. The standard InChI is InChI=1S/C7H16.6C2H6.4CH4/c1-4-6-7(3)5-2;6*1-2;;;;/h7H,4-6H2,1-3H3;6*1-2H3;4*1H4. The van der Waals surface area contributed by atoms with Crippen molar-refractivity contribution in [3.05, 3.63) is 0 Å². The zero-order valence-electron chi connectivity index (χ0n) is 17.7. The molecule has 0 fully saturated rings. The molecule has 0 heterocycles. The summed E-state index contributed by atoms with van der Waals surface area (Å²) in [6.07, 6.45) is 4.08. The molecule has 0 aromatic carbocycles. The fourth-order valence-electron chi connectivity index (χ4n) is 0.697. The predicted molar refractivity (Wildman–Crippen MR) is 129 cm³/mol. The first-order valence-corrected chi connectivity index (χ1v) is 9.31. The molecule has 0 aliphatic rings. The van der Waals surface area contributed by atoms with E-state index in [4.69, 9.17) is 0 Å². The molecule has 0 aliphatic heterocycles. The Balaban J connectivity index is -0.00000000881. The van der Waals surface area contributed by atoms with Crippen molar-refractivity contribution < 1.29 is 0 Å². The van der Waals surface area contributed by atoms with Crippen molar-refractivity contribution in [2.45, 2.75) is 153 Å². The summed E-state index contributed by atoms with van der Waals surface area (Å²) in [6.45, 7) is 30.8. The van der Waals surface area contributed by atoms with Gasteiger partial charge < -0.3 is 0 Å². The first kappa shape index (κ1) is 77.3. The summed E-state index contributed by atoms with van der Waals surface area (Å²) in [5, 5.41) is 0. The number of rotatable bonds is 3. The van der Waals surface area contributed by atoms with Crippen LogP contribution in [0.3, 0.4) is 0 Å². The third-order valence-electron chi connectivity index (χ3n) is 1.48. The molecular formula is C23H68. The van der Waals surface area contributed by atoms with Gasteiger partial charge in [0.05, 0.1) is 0 Å². The highest BCUT2D eigenvalue weighted by Crippen LogP contribution is 2.07. The maximum absolute atomic E-state index is 2.31. The Morgan fingerprint density at radius 2 is 0.652 bits per heavy atom. The van der Waals surface area contributed by atoms with Gasteiger partial charge in [-0.2, -0.15) is 0 Å². The van der Waals surface area contributed by atoms with Crippen molar-refractivity contribution >= 4 is 0 Å². The molecule has 0 aromatic heterocycles. The van der Waals surface area contributed by atoms with E-state index in [0.717, 1.165) is 5.92 Å². The van der Waals surface area contributed by atoms with Crippen LogP contribution in [0.25, 0.3) is 0 Å². The van der Waals surface area contributed by atoms with Gasteiger partial charge in [-0.1, -0.05) is 153 Å². The smallest absolute Gasteiger partial charge is 0.0446 e. The summed E-state index contributed by atoms with van der Waals surface area (Å²) < 4.78 is 0. The molecular weight excluding hydrogens is 276 g/mol. The highest BCUT2D eigenvalue weighted by Gasteiger charge is 1.92. The Morgan fingerprint density at radius 3 is 0.696 bits per heavy atom. The largest absolute Gasteiger partial charge is 0.0776 e. The molecule has 0 nitrogen and oxygen atoms in total. The third-order valence-corrected chi connectivity index (χ3v) is 1.48. The summed E-state index contributed by atoms with van der Waals surface area (Å²) in [5.41, 5.74) is 0. The number of hydrogen-bond acceptors (Lipinski definition) is 0.